The maximum Gasteiger partial charge on any atom is 0.244 e. The van der Waals surface area contributed by atoms with Gasteiger partial charge in [0.15, 0.2) is 0 Å². The molecule has 0 spiro atoms. The highest BCUT2D eigenvalue weighted by molar-refractivity contribution is 7.92. The molecule has 186 valence electrons. The van der Waals surface area contributed by atoms with Crippen LogP contribution in [0.1, 0.15) is 43.4 Å². The molecule has 2 aromatic rings. The van der Waals surface area contributed by atoms with Gasteiger partial charge in [0.05, 0.1) is 11.9 Å². The van der Waals surface area contributed by atoms with E-state index in [0.717, 1.165) is 34.5 Å². The van der Waals surface area contributed by atoms with Gasteiger partial charge in [-0.3, -0.25) is 13.9 Å². The molecule has 0 aliphatic carbocycles. The molecule has 0 fully saturated rings. The third-order valence-electron chi connectivity index (χ3n) is 5.44. The van der Waals surface area contributed by atoms with Crippen molar-refractivity contribution in [3.63, 3.8) is 0 Å². The van der Waals surface area contributed by atoms with Crippen LogP contribution in [0.2, 0.25) is 0 Å². The van der Waals surface area contributed by atoms with Gasteiger partial charge in [0, 0.05) is 13.1 Å². The third kappa shape index (κ3) is 7.83. The van der Waals surface area contributed by atoms with Crippen LogP contribution in [0.3, 0.4) is 0 Å². The van der Waals surface area contributed by atoms with E-state index in [0.29, 0.717) is 17.8 Å². The highest BCUT2D eigenvalue weighted by Gasteiger charge is 2.30. The maximum atomic E-state index is 13.5. The number of carbonyl (C=O) groups excluding carboxylic acids is 2. The number of hydrogen-bond donors (Lipinski definition) is 1. The molecule has 34 heavy (non-hydrogen) atoms. The molecule has 0 aliphatic heterocycles. The van der Waals surface area contributed by atoms with Crippen molar-refractivity contribution < 1.29 is 22.4 Å². The number of halogens is 1. The van der Waals surface area contributed by atoms with E-state index in [9.17, 15) is 22.4 Å². The molecule has 9 heteroatoms. The molecule has 7 nitrogen and oxygen atoms in total. The number of sulfonamides is 1. The van der Waals surface area contributed by atoms with E-state index in [4.69, 9.17) is 0 Å². The number of anilines is 1. The average molecular weight is 492 g/mol. The molecule has 0 bridgehead atoms. The third-order valence-corrected chi connectivity index (χ3v) is 6.58. The van der Waals surface area contributed by atoms with Crippen molar-refractivity contribution in [2.45, 2.75) is 53.1 Å². The zero-order chi connectivity index (χ0) is 25.5. The number of nitrogens with zero attached hydrogens (tertiary/aromatic N) is 2. The van der Waals surface area contributed by atoms with Gasteiger partial charge in [-0.15, -0.1) is 0 Å². The molecule has 0 saturated carbocycles. The minimum absolute atomic E-state index is 0.0337. The van der Waals surface area contributed by atoms with Crippen LogP contribution in [-0.2, 0) is 26.2 Å². The standard InChI is InChI=1S/C25H34FN3O4S/c1-6-7-12-27-25(31)20(4)28(16-21-8-10-22(26)11-9-21)24(30)17-29(34(5,32)33)23-14-18(2)13-19(3)15-23/h8-11,13-15,20H,6-7,12,16-17H2,1-5H3,(H,27,31)/t20-/m0/s1. The van der Waals surface area contributed by atoms with Gasteiger partial charge >= 0.3 is 0 Å². The number of amides is 2. The van der Waals surface area contributed by atoms with E-state index in [1.807, 2.05) is 26.8 Å². The molecule has 0 heterocycles. The number of aryl methyl sites for hydroxylation is 2. The molecule has 0 aromatic heterocycles. The minimum Gasteiger partial charge on any atom is -0.354 e. The molecule has 0 radical (unpaired) electrons. The van der Waals surface area contributed by atoms with Crippen LogP contribution in [0.5, 0.6) is 0 Å². The molecule has 0 saturated heterocycles. The summed E-state index contributed by atoms with van der Waals surface area (Å²) in [5, 5.41) is 2.82. The summed E-state index contributed by atoms with van der Waals surface area (Å²) < 4.78 is 39.7. The lowest BCUT2D eigenvalue weighted by Crippen LogP contribution is -2.51. The lowest BCUT2D eigenvalue weighted by Gasteiger charge is -2.31. The van der Waals surface area contributed by atoms with E-state index in [1.54, 1.807) is 19.1 Å². The van der Waals surface area contributed by atoms with Gasteiger partial charge in [-0.05, 0) is 68.1 Å². The van der Waals surface area contributed by atoms with Crippen LogP contribution in [0.25, 0.3) is 0 Å². The Morgan fingerprint density at radius 2 is 1.65 bits per heavy atom. The number of rotatable bonds is 11. The van der Waals surface area contributed by atoms with Crippen molar-refractivity contribution in [2.24, 2.45) is 0 Å². The second-order valence-electron chi connectivity index (χ2n) is 8.58. The molecule has 2 amide bonds. The summed E-state index contributed by atoms with van der Waals surface area (Å²) in [7, 11) is -3.79. The zero-order valence-corrected chi connectivity index (χ0v) is 21.3. The van der Waals surface area contributed by atoms with E-state index in [1.165, 1.54) is 29.2 Å². The minimum atomic E-state index is -3.79. The fourth-order valence-electron chi connectivity index (χ4n) is 3.61. The first-order valence-electron chi connectivity index (χ1n) is 11.3. The Bertz CT molecular complexity index is 1080. The SMILES string of the molecule is CCCCNC(=O)[C@H](C)N(Cc1ccc(F)cc1)C(=O)CN(c1cc(C)cc(C)c1)S(C)(=O)=O. The summed E-state index contributed by atoms with van der Waals surface area (Å²) in [4.78, 5) is 27.5. The van der Waals surface area contributed by atoms with Crippen molar-refractivity contribution in [2.75, 3.05) is 23.7 Å². The summed E-state index contributed by atoms with van der Waals surface area (Å²) >= 11 is 0. The number of carbonyl (C=O) groups is 2. The van der Waals surface area contributed by atoms with Gasteiger partial charge in [0.1, 0.15) is 18.4 Å². The van der Waals surface area contributed by atoms with Gasteiger partial charge in [-0.2, -0.15) is 0 Å². The van der Waals surface area contributed by atoms with Crippen molar-refractivity contribution >= 4 is 27.5 Å². The van der Waals surface area contributed by atoms with E-state index >= 15 is 0 Å². The molecule has 1 atom stereocenters. The Labute approximate surface area is 202 Å². The van der Waals surface area contributed by atoms with Gasteiger partial charge in [-0.25, -0.2) is 12.8 Å². The first-order chi connectivity index (χ1) is 15.9. The second-order valence-corrected chi connectivity index (χ2v) is 10.5. The first kappa shape index (κ1) is 27.3. The summed E-state index contributed by atoms with van der Waals surface area (Å²) in [5.74, 6) is -1.28. The summed E-state index contributed by atoms with van der Waals surface area (Å²) in [5.41, 5.74) is 2.74. The summed E-state index contributed by atoms with van der Waals surface area (Å²) in [6.45, 7) is 7.36. The Morgan fingerprint density at radius 3 is 2.18 bits per heavy atom. The molecule has 2 aromatic carbocycles. The molecule has 2 rings (SSSR count). The molecule has 1 N–H and O–H groups in total. The summed E-state index contributed by atoms with van der Waals surface area (Å²) in [6, 6.07) is 10.1. The zero-order valence-electron chi connectivity index (χ0n) is 20.5. The number of hydrogen-bond acceptors (Lipinski definition) is 4. The fourth-order valence-corrected chi connectivity index (χ4v) is 4.45. The van der Waals surface area contributed by atoms with Crippen LogP contribution in [0.15, 0.2) is 42.5 Å². The van der Waals surface area contributed by atoms with E-state index in [2.05, 4.69) is 5.32 Å². The number of unbranched alkanes of at least 4 members (excludes halogenated alkanes) is 1. The molecule has 0 unspecified atom stereocenters. The fraction of sp³-hybridized carbons (Fsp3) is 0.440. The molecular formula is C25H34FN3O4S. The van der Waals surface area contributed by atoms with Crippen molar-refractivity contribution in [3.8, 4) is 0 Å². The second kappa shape index (κ2) is 12.0. The molecular weight excluding hydrogens is 457 g/mol. The highest BCUT2D eigenvalue weighted by atomic mass is 32.2. The Balaban J connectivity index is 2.37. The van der Waals surface area contributed by atoms with Crippen LogP contribution in [0.4, 0.5) is 10.1 Å². The first-order valence-corrected chi connectivity index (χ1v) is 13.1. The Morgan fingerprint density at radius 1 is 1.06 bits per heavy atom. The quantitative estimate of drug-likeness (QED) is 0.487. The van der Waals surface area contributed by atoms with Crippen molar-refractivity contribution in [3.05, 3.63) is 65.0 Å². The van der Waals surface area contributed by atoms with Crippen molar-refractivity contribution in [1.82, 2.24) is 10.2 Å². The van der Waals surface area contributed by atoms with Gasteiger partial charge in [-0.1, -0.05) is 31.5 Å². The smallest absolute Gasteiger partial charge is 0.244 e. The van der Waals surface area contributed by atoms with Crippen molar-refractivity contribution in [1.29, 1.82) is 0 Å². The normalized spacial score (nSPS) is 12.2. The van der Waals surface area contributed by atoms with E-state index < -0.39 is 34.3 Å². The monoisotopic (exact) mass is 491 g/mol. The van der Waals surface area contributed by atoms with Crippen LogP contribution < -0.4 is 9.62 Å². The van der Waals surface area contributed by atoms with Gasteiger partial charge in [0.2, 0.25) is 21.8 Å². The van der Waals surface area contributed by atoms with Crippen LogP contribution in [-0.4, -0.2) is 50.5 Å². The average Bonchev–Trinajstić information content (AvgIpc) is 2.75. The topological polar surface area (TPSA) is 86.8 Å². The summed E-state index contributed by atoms with van der Waals surface area (Å²) in [6.07, 6.45) is 2.76. The number of nitrogens with one attached hydrogen (secondary N) is 1. The lowest BCUT2D eigenvalue weighted by atomic mass is 10.1. The predicted octanol–water partition coefficient (Wildman–Crippen LogP) is 3.54. The van der Waals surface area contributed by atoms with Gasteiger partial charge < -0.3 is 10.2 Å². The van der Waals surface area contributed by atoms with E-state index in [-0.39, 0.29) is 12.5 Å². The Hall–Kier alpha value is -2.94. The Kier molecular flexibility index (Phi) is 9.61. The van der Waals surface area contributed by atoms with Gasteiger partial charge in [0.25, 0.3) is 0 Å². The number of benzene rings is 2. The molecule has 0 aliphatic rings. The highest BCUT2D eigenvalue weighted by Crippen LogP contribution is 2.22. The lowest BCUT2D eigenvalue weighted by molar-refractivity contribution is -0.139. The largest absolute Gasteiger partial charge is 0.354 e. The van der Waals surface area contributed by atoms with Crippen LogP contribution in [0, 0.1) is 19.7 Å². The maximum absolute atomic E-state index is 13.5. The predicted molar refractivity (Wildman–Crippen MR) is 132 cm³/mol. The van der Waals surface area contributed by atoms with Crippen LogP contribution >= 0.6 is 0 Å².